The van der Waals surface area contributed by atoms with Crippen molar-refractivity contribution < 1.29 is 4.42 Å². The summed E-state index contributed by atoms with van der Waals surface area (Å²) in [6, 6.07) is 52.8. The number of rotatable bonds is 6. The maximum Gasteiger partial charge on any atom is 0.164 e. The molecule has 2 N–H and O–H groups in total. The van der Waals surface area contributed by atoms with Crippen LogP contribution in [0.4, 0.5) is 5.69 Å². The van der Waals surface area contributed by atoms with E-state index in [9.17, 15) is 0 Å². The van der Waals surface area contributed by atoms with Gasteiger partial charge in [-0.05, 0) is 69.9 Å². The fourth-order valence-corrected chi connectivity index (χ4v) is 7.20. The first-order chi connectivity index (χ1) is 26.7. The van der Waals surface area contributed by atoms with Gasteiger partial charge >= 0.3 is 0 Å². The second-order valence-corrected chi connectivity index (χ2v) is 13.2. The van der Waals surface area contributed by atoms with Gasteiger partial charge in [0, 0.05) is 33.0 Å². The second kappa shape index (κ2) is 12.9. The van der Waals surface area contributed by atoms with Crippen molar-refractivity contribution in [1.29, 1.82) is 5.41 Å². The lowest BCUT2D eigenvalue weighted by Gasteiger charge is -2.17. The molecule has 7 aromatic carbocycles. The maximum atomic E-state index is 9.17. The molecule has 0 bridgehead atoms. The number of benzene rings is 7. The number of hydrogen-bond donors (Lipinski definition) is 2. The Kier molecular flexibility index (Phi) is 7.47. The van der Waals surface area contributed by atoms with Crippen LogP contribution in [0.15, 0.2) is 173 Å². The monoisotopic (exact) mass is 694 g/mol. The van der Waals surface area contributed by atoms with E-state index in [0.717, 1.165) is 77.3 Å². The Labute approximate surface area is 310 Å². The van der Waals surface area contributed by atoms with E-state index in [1.807, 2.05) is 115 Å². The fourth-order valence-electron chi connectivity index (χ4n) is 7.20. The van der Waals surface area contributed by atoms with E-state index in [1.165, 1.54) is 0 Å². The minimum absolute atomic E-state index is 0.359. The highest BCUT2D eigenvalue weighted by molar-refractivity contribution is 6.55. The van der Waals surface area contributed by atoms with E-state index >= 15 is 0 Å². The third-order valence-electron chi connectivity index (χ3n) is 9.82. The molecule has 54 heavy (non-hydrogen) atoms. The molecule has 2 aromatic heterocycles. The van der Waals surface area contributed by atoms with E-state index in [2.05, 4.69) is 65.1 Å². The highest BCUT2D eigenvalue weighted by Gasteiger charge is 2.21. The Hall–Kier alpha value is -7.51. The molecule has 0 amide bonds. The van der Waals surface area contributed by atoms with Gasteiger partial charge in [-0.1, -0.05) is 127 Å². The molecule has 0 spiro atoms. The van der Waals surface area contributed by atoms with Crippen LogP contribution in [0.1, 0.15) is 11.1 Å². The number of aromatic nitrogens is 3. The number of fused-ring (bicyclic) bond motifs is 6. The van der Waals surface area contributed by atoms with Crippen molar-refractivity contribution >= 4 is 55.9 Å². The highest BCUT2D eigenvalue weighted by atomic mass is 16.3. The molecule has 0 aliphatic heterocycles. The number of para-hydroxylation sites is 2. The third kappa shape index (κ3) is 5.52. The topological polar surface area (TPSA) is 100 Å². The molecule has 2 heterocycles. The lowest BCUT2D eigenvalue weighted by molar-refractivity contribution is 0.669. The molecule has 7 heteroatoms. The summed E-state index contributed by atoms with van der Waals surface area (Å²) in [6.07, 6.45) is 3.89. The van der Waals surface area contributed by atoms with Crippen LogP contribution >= 0.6 is 0 Å². The van der Waals surface area contributed by atoms with Crippen LogP contribution in [0.5, 0.6) is 0 Å². The molecule has 1 aliphatic rings. The quantitative estimate of drug-likeness (QED) is 0.169. The Morgan fingerprint density at radius 2 is 1.20 bits per heavy atom. The molecule has 0 saturated carbocycles. The summed E-state index contributed by atoms with van der Waals surface area (Å²) in [7, 11) is 0. The largest absolute Gasteiger partial charge is 0.456 e. The Morgan fingerprint density at radius 3 is 2.06 bits per heavy atom. The zero-order valence-electron chi connectivity index (χ0n) is 28.9. The lowest BCUT2D eigenvalue weighted by Crippen LogP contribution is -2.18. The molecule has 0 saturated heterocycles. The van der Waals surface area contributed by atoms with Gasteiger partial charge in [0.15, 0.2) is 17.5 Å². The minimum Gasteiger partial charge on any atom is -0.456 e. The first-order valence-electron chi connectivity index (χ1n) is 17.7. The maximum absolute atomic E-state index is 9.17. The van der Waals surface area contributed by atoms with Crippen LogP contribution in [0, 0.1) is 5.41 Å². The van der Waals surface area contributed by atoms with Gasteiger partial charge in [0.25, 0.3) is 0 Å². The normalized spacial score (nSPS) is 13.2. The summed E-state index contributed by atoms with van der Waals surface area (Å²) in [5.74, 6) is 1.68. The van der Waals surface area contributed by atoms with Crippen molar-refractivity contribution in [3.63, 3.8) is 0 Å². The number of hydrogen-bond acceptors (Lipinski definition) is 7. The van der Waals surface area contributed by atoms with E-state index < -0.39 is 0 Å². The van der Waals surface area contributed by atoms with Gasteiger partial charge in [-0.3, -0.25) is 10.8 Å². The first kappa shape index (κ1) is 31.2. The number of anilines is 1. The molecule has 0 atom stereocenters. The number of furan rings is 1. The van der Waals surface area contributed by atoms with Crippen LogP contribution in [-0.2, 0) is 0 Å². The van der Waals surface area contributed by atoms with E-state index in [0.29, 0.717) is 28.9 Å². The van der Waals surface area contributed by atoms with E-state index in [4.69, 9.17) is 24.8 Å². The highest BCUT2D eigenvalue weighted by Crippen LogP contribution is 2.37. The SMILES string of the molecule is N=C1/C(=N\Nc2ccccc2)C=Cc2ccc3cc(-c4nc(-c5cccc(-c6ccccc6)c5)nc(-c5cccc6oc7ccccc7c56)n4)ccc3c21. The lowest BCUT2D eigenvalue weighted by atomic mass is 9.89. The summed E-state index contributed by atoms with van der Waals surface area (Å²) in [5, 5.41) is 17.6. The average Bonchev–Trinajstić information content (AvgIpc) is 3.63. The molecule has 0 unspecified atom stereocenters. The zero-order chi connectivity index (χ0) is 36.0. The van der Waals surface area contributed by atoms with Gasteiger partial charge in [0.05, 0.1) is 11.4 Å². The van der Waals surface area contributed by atoms with Gasteiger partial charge in [-0.15, -0.1) is 0 Å². The van der Waals surface area contributed by atoms with Crippen molar-refractivity contribution in [2.24, 2.45) is 5.10 Å². The van der Waals surface area contributed by atoms with Gasteiger partial charge in [-0.25, -0.2) is 15.0 Å². The smallest absolute Gasteiger partial charge is 0.164 e. The van der Waals surface area contributed by atoms with Crippen LogP contribution < -0.4 is 5.43 Å². The molecular weight excluding hydrogens is 665 g/mol. The standard InChI is InChI=1S/C47H30N6O/c48-44-39(53-52-35-15-5-2-6-16-35)26-24-30-21-22-32-28-34(23-25-36(32)42(30)44)46-49-45(33-14-9-13-31(27-33)29-11-3-1-4-12-29)50-47(51-46)38-18-10-20-41-43(38)37-17-7-8-19-40(37)54-41/h1-28,48,52H/b48-44?,53-39-. The summed E-state index contributed by atoms with van der Waals surface area (Å²) in [5.41, 5.74) is 13.1. The Bertz CT molecular complexity index is 2980. The van der Waals surface area contributed by atoms with Gasteiger partial charge in [0.2, 0.25) is 0 Å². The summed E-state index contributed by atoms with van der Waals surface area (Å²) in [6.45, 7) is 0. The summed E-state index contributed by atoms with van der Waals surface area (Å²) in [4.78, 5) is 15.4. The Balaban J connectivity index is 1.12. The average molecular weight is 695 g/mol. The van der Waals surface area contributed by atoms with Crippen molar-refractivity contribution in [1.82, 2.24) is 15.0 Å². The predicted octanol–water partition coefficient (Wildman–Crippen LogP) is 11.5. The van der Waals surface area contributed by atoms with Crippen LogP contribution in [0.3, 0.4) is 0 Å². The molecule has 1 aliphatic carbocycles. The van der Waals surface area contributed by atoms with E-state index in [-0.39, 0.29) is 0 Å². The van der Waals surface area contributed by atoms with Crippen molar-refractivity contribution in [3.8, 4) is 45.3 Å². The van der Waals surface area contributed by atoms with Crippen LogP contribution in [0.25, 0.3) is 84.1 Å². The van der Waals surface area contributed by atoms with Crippen molar-refractivity contribution in [2.45, 2.75) is 0 Å². The molecule has 0 radical (unpaired) electrons. The van der Waals surface area contributed by atoms with Gasteiger partial charge < -0.3 is 4.42 Å². The van der Waals surface area contributed by atoms with Crippen LogP contribution in [0.2, 0.25) is 0 Å². The zero-order valence-corrected chi connectivity index (χ0v) is 28.9. The molecular formula is C47H30N6O. The predicted molar refractivity (Wildman–Crippen MR) is 220 cm³/mol. The fraction of sp³-hybridized carbons (Fsp3) is 0. The van der Waals surface area contributed by atoms with Crippen molar-refractivity contribution in [3.05, 3.63) is 175 Å². The van der Waals surface area contributed by atoms with Crippen molar-refractivity contribution in [2.75, 3.05) is 5.43 Å². The van der Waals surface area contributed by atoms with Gasteiger partial charge in [-0.2, -0.15) is 5.10 Å². The summed E-state index contributed by atoms with van der Waals surface area (Å²) < 4.78 is 6.25. The van der Waals surface area contributed by atoms with Crippen LogP contribution in [-0.4, -0.2) is 26.4 Å². The number of allylic oxidation sites excluding steroid dienone is 1. The number of hydrazone groups is 1. The molecule has 10 rings (SSSR count). The third-order valence-corrected chi connectivity index (χ3v) is 9.82. The molecule has 9 aromatic rings. The molecule has 0 fully saturated rings. The first-order valence-corrected chi connectivity index (χ1v) is 17.7. The number of nitrogens with one attached hydrogen (secondary N) is 2. The summed E-state index contributed by atoms with van der Waals surface area (Å²) >= 11 is 0. The number of nitrogens with zero attached hydrogens (tertiary/aromatic N) is 4. The van der Waals surface area contributed by atoms with Gasteiger partial charge in [0.1, 0.15) is 16.9 Å². The Morgan fingerprint density at radius 1 is 0.519 bits per heavy atom. The van der Waals surface area contributed by atoms with E-state index in [1.54, 1.807) is 0 Å². The molecule has 254 valence electrons. The molecule has 7 nitrogen and oxygen atoms in total. The minimum atomic E-state index is 0.359. The second-order valence-electron chi connectivity index (χ2n) is 13.2.